The van der Waals surface area contributed by atoms with Crippen molar-refractivity contribution in [1.82, 2.24) is 5.01 Å². The van der Waals surface area contributed by atoms with Gasteiger partial charge in [0, 0.05) is 17.7 Å². The Morgan fingerprint density at radius 1 is 1.15 bits per heavy atom. The van der Waals surface area contributed by atoms with Crippen LogP contribution in [0.15, 0.2) is 35.5 Å². The second-order valence-corrected chi connectivity index (χ2v) is 7.39. The lowest BCUT2D eigenvalue weighted by atomic mass is 9.63. The number of nitrogens with zero attached hydrogens (tertiary/aromatic N) is 3. The molecule has 0 unspecified atom stereocenters. The summed E-state index contributed by atoms with van der Waals surface area (Å²) in [5.41, 5.74) is -0.127. The average Bonchev–Trinajstić information content (AvgIpc) is 3.40. The lowest BCUT2D eigenvalue weighted by molar-refractivity contribution is -0.384. The third kappa shape index (κ3) is 1.92. The average molecular weight is 353 g/mol. The molecule has 0 aromatic heterocycles. The molecule has 1 aromatic carbocycles. The lowest BCUT2D eigenvalue weighted by Crippen LogP contribution is -2.40. The topological polar surface area (TPSA) is 113 Å². The van der Waals surface area contributed by atoms with E-state index >= 15 is 0 Å². The van der Waals surface area contributed by atoms with Gasteiger partial charge in [-0.05, 0) is 36.2 Å². The van der Waals surface area contributed by atoms with Crippen LogP contribution in [0.5, 0.6) is 5.75 Å². The van der Waals surface area contributed by atoms with Crippen LogP contribution in [0.4, 0.5) is 5.69 Å². The molecule has 2 saturated carbocycles. The molecule has 0 spiro atoms. The Morgan fingerprint density at radius 2 is 1.77 bits per heavy atom. The number of imide groups is 1. The molecule has 1 saturated heterocycles. The first kappa shape index (κ1) is 15.2. The van der Waals surface area contributed by atoms with E-state index in [2.05, 4.69) is 17.3 Å². The number of hydrazone groups is 1. The molecule has 4 aliphatic carbocycles. The zero-order valence-corrected chi connectivity index (χ0v) is 13.6. The molecular weight excluding hydrogens is 338 g/mol. The highest BCUT2D eigenvalue weighted by Gasteiger charge is 2.67. The number of phenols is 1. The Hall–Kier alpha value is -3.03. The van der Waals surface area contributed by atoms with Crippen molar-refractivity contribution in [1.29, 1.82) is 0 Å². The molecular formula is C18H15N3O5. The van der Waals surface area contributed by atoms with Crippen molar-refractivity contribution in [2.24, 2.45) is 40.6 Å². The minimum Gasteiger partial charge on any atom is -0.507 e. The summed E-state index contributed by atoms with van der Waals surface area (Å²) in [7, 11) is 0. The van der Waals surface area contributed by atoms with Gasteiger partial charge in [0.05, 0.1) is 23.0 Å². The molecule has 1 heterocycles. The van der Waals surface area contributed by atoms with Gasteiger partial charge in [-0.3, -0.25) is 19.7 Å². The van der Waals surface area contributed by atoms with Gasteiger partial charge in [-0.25, -0.2) is 0 Å². The lowest BCUT2D eigenvalue weighted by Gasteiger charge is -2.37. The largest absolute Gasteiger partial charge is 0.507 e. The van der Waals surface area contributed by atoms with Gasteiger partial charge in [-0.2, -0.15) is 10.1 Å². The van der Waals surface area contributed by atoms with Crippen LogP contribution in [-0.4, -0.2) is 33.1 Å². The van der Waals surface area contributed by atoms with Gasteiger partial charge in [0.1, 0.15) is 5.75 Å². The SMILES string of the molecule is O=C1[C@H]2[C@@H]3C=C[C@H]([C@H]4C[C@H]34)[C@@H]2C(=O)N1/N=C\c1cc([N+](=O)[O-])ccc1O. The van der Waals surface area contributed by atoms with Crippen LogP contribution >= 0.6 is 0 Å². The van der Waals surface area contributed by atoms with Gasteiger partial charge in [-0.1, -0.05) is 12.2 Å². The van der Waals surface area contributed by atoms with Gasteiger partial charge in [0.2, 0.25) is 0 Å². The van der Waals surface area contributed by atoms with Crippen molar-refractivity contribution in [2.45, 2.75) is 6.42 Å². The molecule has 6 rings (SSSR count). The first-order valence-corrected chi connectivity index (χ1v) is 8.55. The highest BCUT2D eigenvalue weighted by molar-refractivity contribution is 6.06. The number of aromatic hydroxyl groups is 1. The molecule has 8 heteroatoms. The number of allylic oxidation sites excluding steroid dienone is 2. The molecule has 2 amide bonds. The van der Waals surface area contributed by atoms with E-state index in [0.29, 0.717) is 11.8 Å². The quantitative estimate of drug-likeness (QED) is 0.292. The second kappa shape index (κ2) is 5.00. The Labute approximate surface area is 147 Å². The van der Waals surface area contributed by atoms with E-state index in [0.717, 1.165) is 23.7 Å². The molecule has 26 heavy (non-hydrogen) atoms. The molecule has 2 bridgehead atoms. The molecule has 1 aliphatic heterocycles. The normalized spacial score (nSPS) is 36.5. The number of hydrogen-bond donors (Lipinski definition) is 1. The van der Waals surface area contributed by atoms with E-state index < -0.39 is 4.92 Å². The van der Waals surface area contributed by atoms with Crippen LogP contribution in [0.25, 0.3) is 0 Å². The third-order valence-corrected chi connectivity index (χ3v) is 6.17. The fourth-order valence-corrected chi connectivity index (χ4v) is 4.93. The zero-order chi connectivity index (χ0) is 18.2. The van der Waals surface area contributed by atoms with Crippen molar-refractivity contribution in [2.75, 3.05) is 0 Å². The Kier molecular flexibility index (Phi) is 2.93. The molecule has 8 nitrogen and oxygen atoms in total. The van der Waals surface area contributed by atoms with Gasteiger partial charge in [0.25, 0.3) is 17.5 Å². The monoisotopic (exact) mass is 353 g/mol. The van der Waals surface area contributed by atoms with Gasteiger partial charge in [0.15, 0.2) is 0 Å². The number of carbonyl (C=O) groups is 2. The summed E-state index contributed by atoms with van der Waals surface area (Å²) in [4.78, 5) is 35.8. The maximum atomic E-state index is 12.8. The van der Waals surface area contributed by atoms with Crippen LogP contribution in [-0.2, 0) is 9.59 Å². The Bertz CT molecular complexity index is 887. The van der Waals surface area contributed by atoms with E-state index in [9.17, 15) is 24.8 Å². The second-order valence-electron chi connectivity index (χ2n) is 7.39. The summed E-state index contributed by atoms with van der Waals surface area (Å²) in [6.45, 7) is 0. The Morgan fingerprint density at radius 3 is 2.35 bits per heavy atom. The molecule has 5 aliphatic rings. The minimum absolute atomic E-state index is 0.0821. The van der Waals surface area contributed by atoms with E-state index in [1.807, 2.05) is 0 Å². The summed E-state index contributed by atoms with van der Waals surface area (Å²) < 4.78 is 0. The van der Waals surface area contributed by atoms with E-state index in [1.165, 1.54) is 12.1 Å². The standard InChI is InChI=1S/C18H15N3O5/c22-14-4-1-9(21(25)26)5-8(14)7-19-20-17(23)15-10-2-3-11(13-6-12(10)13)16(15)18(20)24/h1-5,7,10-13,15-16,22H,6H2/b19-7-/t10-,11-,12-,13-,15+,16+/m1/s1. The predicted octanol–water partition coefficient (Wildman–Crippen LogP) is 1.69. The predicted molar refractivity (Wildman–Crippen MR) is 88.9 cm³/mol. The van der Waals surface area contributed by atoms with Crippen molar-refractivity contribution in [3.63, 3.8) is 0 Å². The number of nitro benzene ring substituents is 1. The zero-order valence-electron chi connectivity index (χ0n) is 13.6. The van der Waals surface area contributed by atoms with Crippen molar-refractivity contribution >= 4 is 23.7 Å². The number of hydrogen-bond acceptors (Lipinski definition) is 6. The number of phenolic OH excluding ortho intramolecular Hbond substituents is 1. The number of non-ortho nitro benzene ring substituents is 1. The highest BCUT2D eigenvalue weighted by Crippen LogP contribution is 2.65. The Balaban J connectivity index is 1.45. The van der Waals surface area contributed by atoms with Crippen molar-refractivity contribution in [3.05, 3.63) is 46.0 Å². The summed E-state index contributed by atoms with van der Waals surface area (Å²) in [6.07, 6.45) is 6.36. The third-order valence-electron chi connectivity index (χ3n) is 6.17. The van der Waals surface area contributed by atoms with Crippen molar-refractivity contribution in [3.8, 4) is 5.75 Å². The first-order valence-electron chi connectivity index (χ1n) is 8.55. The van der Waals surface area contributed by atoms with Crippen LogP contribution in [0.3, 0.4) is 0 Å². The van der Waals surface area contributed by atoms with Crippen LogP contribution in [0.1, 0.15) is 12.0 Å². The maximum absolute atomic E-state index is 12.8. The number of amides is 2. The van der Waals surface area contributed by atoms with Gasteiger partial charge < -0.3 is 5.11 Å². The van der Waals surface area contributed by atoms with E-state index in [-0.39, 0.29) is 52.5 Å². The summed E-state index contributed by atoms with van der Waals surface area (Å²) >= 11 is 0. The van der Waals surface area contributed by atoms with Crippen molar-refractivity contribution < 1.29 is 19.6 Å². The van der Waals surface area contributed by atoms with Crippen LogP contribution < -0.4 is 0 Å². The summed E-state index contributed by atoms with van der Waals surface area (Å²) in [5.74, 6) is -0.305. The molecule has 1 N–H and O–H groups in total. The first-order chi connectivity index (χ1) is 12.5. The van der Waals surface area contributed by atoms with E-state index in [1.54, 1.807) is 0 Å². The molecule has 0 radical (unpaired) electrons. The maximum Gasteiger partial charge on any atom is 0.270 e. The van der Waals surface area contributed by atoms with E-state index in [4.69, 9.17) is 0 Å². The smallest absolute Gasteiger partial charge is 0.270 e. The fourth-order valence-electron chi connectivity index (χ4n) is 4.93. The van der Waals surface area contributed by atoms with Gasteiger partial charge >= 0.3 is 0 Å². The van der Waals surface area contributed by atoms with Crippen LogP contribution in [0, 0.1) is 45.6 Å². The highest BCUT2D eigenvalue weighted by atomic mass is 16.6. The van der Waals surface area contributed by atoms with Crippen LogP contribution in [0.2, 0.25) is 0 Å². The number of rotatable bonds is 3. The molecule has 6 atom stereocenters. The molecule has 3 fully saturated rings. The molecule has 1 aromatic rings. The fraction of sp³-hybridized carbons (Fsp3) is 0.389. The number of carbonyl (C=O) groups excluding carboxylic acids is 2. The van der Waals surface area contributed by atoms with Gasteiger partial charge in [-0.15, -0.1) is 0 Å². The number of benzene rings is 1. The summed E-state index contributed by atoms with van der Waals surface area (Å²) in [5, 5.41) is 25.6. The minimum atomic E-state index is -0.590. The summed E-state index contributed by atoms with van der Waals surface area (Å²) in [6, 6.07) is 3.50. The molecule has 132 valence electrons. The number of nitro groups is 1.